The molecule has 11 rings (SSSR count). The average Bonchev–Trinajstić information content (AvgIpc) is 3.82. The van der Waals surface area contributed by atoms with Crippen LogP contribution in [0.4, 0.5) is 26.3 Å². The number of fused-ring (bicyclic) bond motifs is 6. The summed E-state index contributed by atoms with van der Waals surface area (Å²) < 4.78 is 89.4. The minimum Gasteiger partial charge on any atom is -0.309 e. The third-order valence-corrected chi connectivity index (χ3v) is 12.0. The van der Waals surface area contributed by atoms with Gasteiger partial charge in [-0.3, -0.25) is 4.98 Å². The Bertz CT molecular complexity index is 3520. The zero-order valence-corrected chi connectivity index (χ0v) is 35.1. The van der Waals surface area contributed by atoms with E-state index < -0.39 is 23.5 Å². The molecule has 322 valence electrons. The van der Waals surface area contributed by atoms with E-state index in [-0.39, 0.29) is 21.8 Å². The number of hydrogen-bond acceptors (Lipinski definition) is 4. The fourth-order valence-electron chi connectivity index (χ4n) is 8.96. The molecule has 0 fully saturated rings. The first-order valence-corrected chi connectivity index (χ1v) is 21.0. The molecular weight excluding hydrogens is 847 g/mol. The summed E-state index contributed by atoms with van der Waals surface area (Å²) in [4.78, 5) is 19.5. The van der Waals surface area contributed by atoms with Gasteiger partial charge < -0.3 is 9.13 Å². The Balaban J connectivity index is 1.23. The van der Waals surface area contributed by atoms with E-state index >= 15 is 0 Å². The number of halogens is 6. The topological polar surface area (TPSA) is 61.4 Å². The maximum Gasteiger partial charge on any atom is 0.416 e. The Morgan fingerprint density at radius 3 is 1.32 bits per heavy atom. The molecule has 0 aliphatic rings. The van der Waals surface area contributed by atoms with Crippen molar-refractivity contribution < 1.29 is 26.3 Å². The molecule has 0 unspecified atom stereocenters. The van der Waals surface area contributed by atoms with E-state index in [9.17, 15) is 26.3 Å². The van der Waals surface area contributed by atoms with Crippen LogP contribution in [0.3, 0.4) is 0 Å². The molecule has 0 spiro atoms. The Kier molecular flexibility index (Phi) is 9.40. The van der Waals surface area contributed by atoms with Crippen molar-refractivity contribution in [3.05, 3.63) is 192 Å². The van der Waals surface area contributed by atoms with Crippen molar-refractivity contribution in [2.45, 2.75) is 26.2 Å². The number of aryl methyl sites for hydroxylation is 2. The second kappa shape index (κ2) is 15.3. The standard InChI is InChI=1S/C54H34F6N6/c1-31-13-18-44-39(25-31)40-26-32(2)14-19-45(40)65(44)46-20-15-35(52-63-50(33-9-5-3-6-10-33)62-51(64-52)34-11-7-4-8-12-34)27-41(46)38-23-24-61-30-49(38)66-47-21-16-36(53(55,56)57)28-42(47)43-29-37(54(58,59)60)17-22-48(43)66/h3-30H,1-2H3. The van der Waals surface area contributed by atoms with Gasteiger partial charge in [0, 0.05) is 55.6 Å². The van der Waals surface area contributed by atoms with Crippen molar-refractivity contribution in [2.24, 2.45) is 0 Å². The van der Waals surface area contributed by atoms with Crippen LogP contribution in [0.15, 0.2) is 170 Å². The van der Waals surface area contributed by atoms with Crippen LogP contribution in [-0.2, 0) is 12.4 Å². The highest BCUT2D eigenvalue weighted by atomic mass is 19.4. The molecule has 11 aromatic rings. The third kappa shape index (κ3) is 6.93. The molecular formula is C54H34F6N6. The first-order chi connectivity index (χ1) is 31.8. The highest BCUT2D eigenvalue weighted by Gasteiger charge is 2.34. The molecule has 0 bridgehead atoms. The number of pyridine rings is 1. The smallest absolute Gasteiger partial charge is 0.309 e. The minimum atomic E-state index is -4.74. The summed E-state index contributed by atoms with van der Waals surface area (Å²) in [5.74, 6) is 1.31. The summed E-state index contributed by atoms with van der Waals surface area (Å²) in [5.41, 5.74) is 7.25. The maximum absolute atomic E-state index is 14.3. The molecule has 7 aromatic carbocycles. The van der Waals surface area contributed by atoms with E-state index in [4.69, 9.17) is 15.0 Å². The van der Waals surface area contributed by atoms with Gasteiger partial charge in [0.25, 0.3) is 0 Å². The van der Waals surface area contributed by atoms with Gasteiger partial charge in [-0.05, 0) is 98.8 Å². The monoisotopic (exact) mass is 880 g/mol. The predicted molar refractivity (Wildman–Crippen MR) is 248 cm³/mol. The number of aromatic nitrogens is 6. The number of nitrogens with zero attached hydrogens (tertiary/aromatic N) is 6. The van der Waals surface area contributed by atoms with E-state index in [2.05, 4.69) is 45.9 Å². The molecule has 12 heteroatoms. The molecule has 0 atom stereocenters. The van der Waals surface area contributed by atoms with Crippen LogP contribution in [0.1, 0.15) is 22.3 Å². The van der Waals surface area contributed by atoms with Gasteiger partial charge in [0.05, 0.1) is 50.8 Å². The second-order valence-corrected chi connectivity index (χ2v) is 16.3. The number of benzene rings is 7. The van der Waals surface area contributed by atoms with Crippen LogP contribution in [0.25, 0.3) is 100 Å². The summed E-state index contributed by atoms with van der Waals surface area (Å²) >= 11 is 0. The average molecular weight is 881 g/mol. The first-order valence-electron chi connectivity index (χ1n) is 21.0. The van der Waals surface area contributed by atoms with Gasteiger partial charge >= 0.3 is 12.4 Å². The van der Waals surface area contributed by atoms with E-state index in [0.29, 0.717) is 39.9 Å². The van der Waals surface area contributed by atoms with Crippen LogP contribution in [0, 0.1) is 13.8 Å². The number of alkyl halides is 6. The highest BCUT2D eigenvalue weighted by Crippen LogP contribution is 2.44. The number of hydrogen-bond donors (Lipinski definition) is 0. The van der Waals surface area contributed by atoms with Crippen molar-refractivity contribution in [1.29, 1.82) is 0 Å². The summed E-state index contributed by atoms with van der Waals surface area (Å²) in [6.07, 6.45) is -6.28. The first kappa shape index (κ1) is 40.6. The van der Waals surface area contributed by atoms with Crippen LogP contribution in [-0.4, -0.2) is 29.1 Å². The summed E-state index contributed by atoms with van der Waals surface area (Å²) in [7, 11) is 0. The molecule has 4 aromatic heterocycles. The lowest BCUT2D eigenvalue weighted by Gasteiger charge is -2.19. The van der Waals surface area contributed by atoms with Gasteiger partial charge in [-0.2, -0.15) is 26.3 Å². The van der Waals surface area contributed by atoms with Crippen molar-refractivity contribution in [3.63, 3.8) is 0 Å². The van der Waals surface area contributed by atoms with Crippen LogP contribution < -0.4 is 0 Å². The van der Waals surface area contributed by atoms with Crippen molar-refractivity contribution in [1.82, 2.24) is 29.1 Å². The summed E-state index contributed by atoms with van der Waals surface area (Å²) in [5, 5.41) is 2.10. The largest absolute Gasteiger partial charge is 0.416 e. The van der Waals surface area contributed by atoms with Crippen LogP contribution >= 0.6 is 0 Å². The van der Waals surface area contributed by atoms with Crippen molar-refractivity contribution in [2.75, 3.05) is 0 Å². The fourth-order valence-corrected chi connectivity index (χ4v) is 8.96. The SMILES string of the molecule is Cc1ccc2c(c1)c1cc(C)ccc1n2-c1ccc(-c2nc(-c3ccccc3)nc(-c3ccccc3)n2)cc1-c1ccncc1-n1c2ccc(C(F)(F)F)cc2c2cc(C(F)(F)F)ccc21. The Hall–Kier alpha value is -8.12. The van der Waals surface area contributed by atoms with Gasteiger partial charge in [-0.1, -0.05) is 83.9 Å². The molecule has 66 heavy (non-hydrogen) atoms. The van der Waals surface area contributed by atoms with Crippen LogP contribution in [0.2, 0.25) is 0 Å². The van der Waals surface area contributed by atoms with Gasteiger partial charge in [0.2, 0.25) is 0 Å². The second-order valence-electron chi connectivity index (χ2n) is 16.3. The van der Waals surface area contributed by atoms with Gasteiger partial charge in [-0.25, -0.2) is 15.0 Å². The van der Waals surface area contributed by atoms with E-state index in [1.165, 1.54) is 12.1 Å². The molecule has 0 aliphatic carbocycles. The Labute approximate surface area is 373 Å². The van der Waals surface area contributed by atoms with Gasteiger partial charge in [-0.15, -0.1) is 0 Å². The summed E-state index contributed by atoms with van der Waals surface area (Å²) in [6.45, 7) is 4.09. The van der Waals surface area contributed by atoms with Gasteiger partial charge in [0.15, 0.2) is 17.5 Å². The molecule has 0 saturated carbocycles. The molecule has 4 heterocycles. The Morgan fingerprint density at radius 1 is 0.394 bits per heavy atom. The molecule has 0 amide bonds. The lowest BCUT2D eigenvalue weighted by atomic mass is 9.99. The van der Waals surface area contributed by atoms with Crippen molar-refractivity contribution >= 4 is 43.6 Å². The zero-order valence-electron chi connectivity index (χ0n) is 35.1. The maximum atomic E-state index is 14.3. The van der Waals surface area contributed by atoms with Gasteiger partial charge in [0.1, 0.15) is 0 Å². The van der Waals surface area contributed by atoms with Crippen molar-refractivity contribution in [3.8, 4) is 56.7 Å². The zero-order chi connectivity index (χ0) is 45.5. The molecule has 0 radical (unpaired) electrons. The summed E-state index contributed by atoms with van der Waals surface area (Å²) in [6, 6.07) is 45.8. The minimum absolute atomic E-state index is 0.00917. The lowest BCUT2D eigenvalue weighted by Crippen LogP contribution is -2.05. The fraction of sp³-hybridized carbons (Fsp3) is 0.0741. The van der Waals surface area contributed by atoms with E-state index in [0.717, 1.165) is 74.0 Å². The predicted octanol–water partition coefficient (Wildman–Crippen LogP) is 14.8. The highest BCUT2D eigenvalue weighted by molar-refractivity contribution is 6.12. The normalized spacial score (nSPS) is 12.2. The van der Waals surface area contributed by atoms with Crippen LogP contribution in [0.5, 0.6) is 0 Å². The number of rotatable bonds is 6. The molecule has 0 N–H and O–H groups in total. The third-order valence-electron chi connectivity index (χ3n) is 12.0. The van der Waals surface area contributed by atoms with E-state index in [1.54, 1.807) is 17.0 Å². The molecule has 0 saturated heterocycles. The quantitative estimate of drug-likeness (QED) is 0.156. The van der Waals surface area contributed by atoms with E-state index in [1.807, 2.05) is 98.8 Å². The Morgan fingerprint density at radius 2 is 0.833 bits per heavy atom. The lowest BCUT2D eigenvalue weighted by molar-refractivity contribution is -0.138. The molecule has 0 aliphatic heterocycles. The molecule has 6 nitrogen and oxygen atoms in total.